The zero-order valence-corrected chi connectivity index (χ0v) is 10.5. The Kier molecular flexibility index (Phi) is 3.52. The monoisotopic (exact) mass is 284 g/mol. The van der Waals surface area contributed by atoms with Crippen LogP contribution in [0, 0.1) is 0 Å². The molecule has 0 aliphatic heterocycles. The second-order valence-corrected chi connectivity index (χ2v) is 4.32. The van der Waals surface area contributed by atoms with Crippen molar-refractivity contribution in [3.05, 3.63) is 35.9 Å². The Morgan fingerprint density at radius 2 is 2.00 bits per heavy atom. The summed E-state index contributed by atoms with van der Waals surface area (Å²) in [6.45, 7) is -1.20. The van der Waals surface area contributed by atoms with Crippen LogP contribution in [0.25, 0.3) is 10.9 Å². The molecule has 0 fully saturated rings. The van der Waals surface area contributed by atoms with Gasteiger partial charge in [0, 0.05) is 12.4 Å². The van der Waals surface area contributed by atoms with Crippen molar-refractivity contribution in [3.8, 4) is 0 Å². The number of carboxylic acids is 1. The summed E-state index contributed by atoms with van der Waals surface area (Å²) in [5.41, 5.74) is 0.274. The maximum absolute atomic E-state index is 12.4. The number of fused-ring (bicyclic) bond motifs is 1. The van der Waals surface area contributed by atoms with Crippen LogP contribution >= 0.6 is 0 Å². The lowest BCUT2D eigenvalue weighted by Crippen LogP contribution is -2.31. The van der Waals surface area contributed by atoms with Gasteiger partial charge in [-0.05, 0) is 12.1 Å². The minimum absolute atomic E-state index is 0.0292. The van der Waals surface area contributed by atoms with Crippen molar-refractivity contribution in [1.29, 1.82) is 0 Å². The highest BCUT2D eigenvalue weighted by atomic mass is 19.4. The molecule has 2 rings (SSSR count). The van der Waals surface area contributed by atoms with Crippen molar-refractivity contribution in [1.82, 2.24) is 4.98 Å². The number of hydrogen-bond donors (Lipinski definition) is 1. The molecule has 4 nitrogen and oxygen atoms in total. The highest BCUT2D eigenvalue weighted by Crippen LogP contribution is 2.25. The third kappa shape index (κ3) is 2.98. The first-order valence-electron chi connectivity index (χ1n) is 5.69. The molecule has 0 amide bonds. The zero-order valence-electron chi connectivity index (χ0n) is 10.5. The third-order valence-electron chi connectivity index (χ3n) is 2.74. The molecule has 0 aliphatic carbocycles. The third-order valence-corrected chi connectivity index (χ3v) is 2.74. The van der Waals surface area contributed by atoms with Crippen LogP contribution in [0.2, 0.25) is 0 Å². The molecule has 0 aliphatic rings. The molecule has 1 heterocycles. The van der Waals surface area contributed by atoms with Crippen LogP contribution in [0.4, 0.5) is 19.0 Å². The molecule has 1 aromatic carbocycles. The van der Waals surface area contributed by atoms with Gasteiger partial charge in [0.1, 0.15) is 12.4 Å². The second kappa shape index (κ2) is 4.99. The number of pyridine rings is 1. The van der Waals surface area contributed by atoms with Crippen LogP contribution in [0.15, 0.2) is 30.3 Å². The summed E-state index contributed by atoms with van der Waals surface area (Å²) in [4.78, 5) is 16.1. The van der Waals surface area contributed by atoms with Crippen LogP contribution in [0.5, 0.6) is 0 Å². The average Bonchev–Trinajstić information content (AvgIpc) is 2.35. The minimum Gasteiger partial charge on any atom is -0.478 e. The fraction of sp³-hybridized carbons (Fsp3) is 0.231. The number of hydrogen-bond acceptors (Lipinski definition) is 3. The smallest absolute Gasteiger partial charge is 0.405 e. The van der Waals surface area contributed by atoms with Crippen molar-refractivity contribution >= 4 is 22.7 Å². The quantitative estimate of drug-likeness (QED) is 0.941. The summed E-state index contributed by atoms with van der Waals surface area (Å²) in [5, 5.41) is 9.55. The van der Waals surface area contributed by atoms with E-state index in [1.165, 1.54) is 7.05 Å². The molecule has 0 atom stereocenters. The molecular weight excluding hydrogens is 273 g/mol. The van der Waals surface area contributed by atoms with Gasteiger partial charge in [-0.15, -0.1) is 0 Å². The first kappa shape index (κ1) is 14.1. The molecular formula is C13H11F3N2O2. The van der Waals surface area contributed by atoms with E-state index in [1.54, 1.807) is 24.3 Å². The molecule has 0 unspecified atom stereocenters. The van der Waals surface area contributed by atoms with Gasteiger partial charge in [0.25, 0.3) is 0 Å². The lowest BCUT2D eigenvalue weighted by atomic mass is 10.1. The predicted molar refractivity (Wildman–Crippen MR) is 68.0 cm³/mol. The van der Waals surface area contributed by atoms with E-state index in [0.717, 1.165) is 11.0 Å². The van der Waals surface area contributed by atoms with Crippen molar-refractivity contribution in [3.63, 3.8) is 0 Å². The number of para-hydroxylation sites is 1. The SMILES string of the molecule is CN(CC(F)(F)F)c1cc(C(=O)O)c2ccccc2n1. The Bertz CT molecular complexity index is 656. The van der Waals surface area contributed by atoms with E-state index < -0.39 is 18.7 Å². The van der Waals surface area contributed by atoms with Gasteiger partial charge >= 0.3 is 12.1 Å². The highest BCUT2D eigenvalue weighted by molar-refractivity contribution is 6.03. The van der Waals surface area contributed by atoms with E-state index in [1.807, 2.05) is 0 Å². The number of alkyl halides is 3. The van der Waals surface area contributed by atoms with Crippen LogP contribution in [-0.4, -0.2) is 35.8 Å². The standard InChI is InChI=1S/C13H11F3N2O2/c1-18(7-13(14,15)16)11-6-9(12(19)20)8-4-2-3-5-10(8)17-11/h2-6H,7H2,1H3,(H,19,20). The lowest BCUT2D eigenvalue weighted by Gasteiger charge is -2.20. The van der Waals surface area contributed by atoms with Gasteiger partial charge in [0.15, 0.2) is 0 Å². The van der Waals surface area contributed by atoms with Crippen molar-refractivity contribution in [2.24, 2.45) is 0 Å². The largest absolute Gasteiger partial charge is 0.478 e. The van der Waals surface area contributed by atoms with E-state index in [0.29, 0.717) is 10.9 Å². The summed E-state index contributed by atoms with van der Waals surface area (Å²) < 4.78 is 37.1. The van der Waals surface area contributed by atoms with Crippen LogP contribution in [-0.2, 0) is 0 Å². The fourth-order valence-corrected chi connectivity index (χ4v) is 1.88. The number of rotatable bonds is 3. The number of carbonyl (C=O) groups is 1. The lowest BCUT2D eigenvalue weighted by molar-refractivity contribution is -0.119. The zero-order chi connectivity index (χ0) is 14.9. The molecule has 0 bridgehead atoms. The van der Waals surface area contributed by atoms with E-state index >= 15 is 0 Å². The number of anilines is 1. The van der Waals surface area contributed by atoms with Gasteiger partial charge in [0.05, 0.1) is 11.1 Å². The van der Waals surface area contributed by atoms with Crippen LogP contribution in [0.1, 0.15) is 10.4 Å². The second-order valence-electron chi connectivity index (χ2n) is 4.32. The van der Waals surface area contributed by atoms with Gasteiger partial charge in [-0.25, -0.2) is 9.78 Å². The van der Waals surface area contributed by atoms with Gasteiger partial charge in [-0.3, -0.25) is 0 Å². The number of aromatic carboxylic acids is 1. The normalized spacial score (nSPS) is 11.6. The Morgan fingerprint density at radius 1 is 1.35 bits per heavy atom. The van der Waals surface area contributed by atoms with E-state index in [9.17, 15) is 18.0 Å². The summed E-state index contributed by atoms with van der Waals surface area (Å²) in [7, 11) is 1.22. The average molecular weight is 284 g/mol. The molecule has 2 aromatic rings. The number of nitrogens with zero attached hydrogens (tertiary/aromatic N) is 2. The van der Waals surface area contributed by atoms with Crippen LogP contribution < -0.4 is 4.90 Å². The molecule has 0 saturated heterocycles. The molecule has 0 saturated carbocycles. The predicted octanol–water partition coefficient (Wildman–Crippen LogP) is 2.93. The summed E-state index contributed by atoms with van der Waals surface area (Å²) in [6, 6.07) is 7.58. The molecule has 106 valence electrons. The van der Waals surface area contributed by atoms with Crippen molar-refractivity contribution < 1.29 is 23.1 Å². The Balaban J connectivity index is 2.53. The fourth-order valence-electron chi connectivity index (χ4n) is 1.88. The number of aromatic nitrogens is 1. The molecule has 0 radical (unpaired) electrons. The number of benzene rings is 1. The number of halogens is 3. The van der Waals surface area contributed by atoms with Gasteiger partial charge in [-0.1, -0.05) is 18.2 Å². The maximum atomic E-state index is 12.4. The summed E-state index contributed by atoms with van der Waals surface area (Å²) in [5.74, 6) is -1.23. The van der Waals surface area contributed by atoms with Gasteiger partial charge < -0.3 is 10.0 Å². The maximum Gasteiger partial charge on any atom is 0.405 e. The van der Waals surface area contributed by atoms with Crippen molar-refractivity contribution in [2.75, 3.05) is 18.5 Å². The Morgan fingerprint density at radius 3 is 2.60 bits per heavy atom. The topological polar surface area (TPSA) is 53.4 Å². The first-order chi connectivity index (χ1) is 9.28. The summed E-state index contributed by atoms with van der Waals surface area (Å²) >= 11 is 0. The van der Waals surface area contributed by atoms with Crippen LogP contribution in [0.3, 0.4) is 0 Å². The minimum atomic E-state index is -4.38. The van der Waals surface area contributed by atoms with Crippen molar-refractivity contribution in [2.45, 2.75) is 6.18 Å². The van der Waals surface area contributed by atoms with E-state index in [2.05, 4.69) is 4.98 Å². The van der Waals surface area contributed by atoms with Gasteiger partial charge in [0.2, 0.25) is 0 Å². The molecule has 1 N–H and O–H groups in total. The number of carboxylic acid groups (broad SMARTS) is 1. The molecule has 7 heteroatoms. The summed E-state index contributed by atoms with van der Waals surface area (Å²) in [6.07, 6.45) is -4.38. The molecule has 0 spiro atoms. The first-order valence-corrected chi connectivity index (χ1v) is 5.69. The van der Waals surface area contributed by atoms with E-state index in [-0.39, 0.29) is 11.4 Å². The Labute approximate surface area is 112 Å². The van der Waals surface area contributed by atoms with E-state index in [4.69, 9.17) is 5.11 Å². The molecule has 1 aromatic heterocycles. The van der Waals surface area contributed by atoms with Gasteiger partial charge in [-0.2, -0.15) is 13.2 Å². The molecule has 20 heavy (non-hydrogen) atoms. The highest BCUT2D eigenvalue weighted by Gasteiger charge is 2.30. The Hall–Kier alpha value is -2.31.